The van der Waals surface area contributed by atoms with E-state index in [1.54, 1.807) is 6.20 Å². The highest BCUT2D eigenvalue weighted by Crippen LogP contribution is 2.15. The summed E-state index contributed by atoms with van der Waals surface area (Å²) in [6.07, 6.45) is 3.17. The van der Waals surface area contributed by atoms with Crippen LogP contribution in [-0.2, 0) is 6.54 Å². The largest absolute Gasteiger partial charge is 0.351 e. The number of benzene rings is 2. The molecule has 0 aliphatic rings. The molecule has 0 aliphatic heterocycles. The highest BCUT2D eigenvalue weighted by atomic mass is 16.1. The van der Waals surface area contributed by atoms with Crippen LogP contribution in [0.1, 0.15) is 28.5 Å². The van der Waals surface area contributed by atoms with Gasteiger partial charge in [0.1, 0.15) is 11.5 Å². The molecule has 132 valence electrons. The van der Waals surface area contributed by atoms with Crippen molar-refractivity contribution in [1.82, 2.24) is 9.97 Å². The Morgan fingerprint density at radius 1 is 1.04 bits per heavy atom. The van der Waals surface area contributed by atoms with Crippen molar-refractivity contribution in [3.8, 4) is 0 Å². The third kappa shape index (κ3) is 4.45. The molecule has 0 fully saturated rings. The van der Waals surface area contributed by atoms with E-state index in [1.165, 1.54) is 11.8 Å². The zero-order valence-corrected chi connectivity index (χ0v) is 15.0. The first kappa shape index (κ1) is 17.6. The van der Waals surface area contributed by atoms with Gasteiger partial charge in [-0.2, -0.15) is 0 Å². The molecule has 0 unspecified atom stereocenters. The van der Waals surface area contributed by atoms with Crippen LogP contribution in [0.25, 0.3) is 0 Å². The molecule has 1 heterocycles. The number of anilines is 2. The number of nitrogens with zero attached hydrogens (tertiary/aromatic N) is 3. The number of hydrogen-bond acceptors (Lipinski definition) is 4. The molecule has 5 nitrogen and oxygen atoms in total. The summed E-state index contributed by atoms with van der Waals surface area (Å²) < 4.78 is 0. The quantitative estimate of drug-likeness (QED) is 0.731. The van der Waals surface area contributed by atoms with Crippen LogP contribution in [0.5, 0.6) is 0 Å². The molecule has 0 bridgehead atoms. The minimum atomic E-state index is -0.263. The normalized spacial score (nSPS) is 10.4. The first-order chi connectivity index (χ1) is 12.7. The van der Waals surface area contributed by atoms with Crippen LogP contribution < -0.4 is 10.2 Å². The van der Waals surface area contributed by atoms with Gasteiger partial charge >= 0.3 is 0 Å². The van der Waals surface area contributed by atoms with Crippen LogP contribution in [0.4, 0.5) is 11.5 Å². The maximum Gasteiger partial charge on any atom is 0.275 e. The first-order valence-electron chi connectivity index (χ1n) is 8.64. The summed E-state index contributed by atoms with van der Waals surface area (Å²) in [6.45, 7) is 5.61. The third-order valence-corrected chi connectivity index (χ3v) is 4.07. The molecule has 26 heavy (non-hydrogen) atoms. The molecule has 0 saturated heterocycles. The molecule has 2 aromatic carbocycles. The zero-order valence-electron chi connectivity index (χ0n) is 15.0. The summed E-state index contributed by atoms with van der Waals surface area (Å²) in [7, 11) is 0. The summed E-state index contributed by atoms with van der Waals surface area (Å²) in [4.78, 5) is 23.2. The van der Waals surface area contributed by atoms with Gasteiger partial charge in [-0.25, -0.2) is 9.97 Å². The molecular formula is C21H22N4O. The third-order valence-electron chi connectivity index (χ3n) is 4.07. The molecule has 0 saturated carbocycles. The lowest BCUT2D eigenvalue weighted by atomic mass is 10.2. The van der Waals surface area contributed by atoms with Crippen LogP contribution in [0, 0.1) is 6.92 Å². The summed E-state index contributed by atoms with van der Waals surface area (Å²) in [5.74, 6) is 0.490. The summed E-state index contributed by atoms with van der Waals surface area (Å²) in [5, 5.41) is 2.85. The maximum atomic E-state index is 12.3. The molecule has 0 spiro atoms. The average Bonchev–Trinajstić information content (AvgIpc) is 2.67. The second-order valence-electron chi connectivity index (χ2n) is 6.08. The number of amides is 1. The lowest BCUT2D eigenvalue weighted by Crippen LogP contribution is -2.24. The van der Waals surface area contributed by atoms with Crippen LogP contribution in [0.2, 0.25) is 0 Å². The Hall–Kier alpha value is -3.21. The van der Waals surface area contributed by atoms with Gasteiger partial charge in [0.2, 0.25) is 0 Å². The number of aromatic nitrogens is 2. The minimum absolute atomic E-state index is 0.263. The SMILES string of the molecule is CCN(Cc1ccccc1)c1cnc(C(=O)Nc2cccc(C)c2)cn1. The van der Waals surface area contributed by atoms with Crippen molar-refractivity contribution >= 4 is 17.4 Å². The van der Waals surface area contributed by atoms with Crippen molar-refractivity contribution in [2.75, 3.05) is 16.8 Å². The molecule has 0 atom stereocenters. The molecular weight excluding hydrogens is 324 g/mol. The summed E-state index contributed by atoms with van der Waals surface area (Å²) in [5.41, 5.74) is 3.34. The standard InChI is InChI=1S/C21H22N4O/c1-3-25(15-17-9-5-4-6-10-17)20-14-22-19(13-23-20)21(26)24-18-11-7-8-16(2)12-18/h4-14H,3,15H2,1-2H3,(H,24,26). The van der Waals surface area contributed by atoms with Gasteiger partial charge < -0.3 is 10.2 Å². The van der Waals surface area contributed by atoms with Gasteiger partial charge in [0.25, 0.3) is 5.91 Å². The number of carbonyl (C=O) groups is 1. The van der Waals surface area contributed by atoms with Gasteiger partial charge in [0.15, 0.2) is 0 Å². The fraction of sp³-hybridized carbons (Fsp3) is 0.190. The monoisotopic (exact) mass is 346 g/mol. The smallest absolute Gasteiger partial charge is 0.275 e. The van der Waals surface area contributed by atoms with E-state index in [0.29, 0.717) is 5.69 Å². The Kier molecular flexibility index (Phi) is 5.59. The fourth-order valence-corrected chi connectivity index (χ4v) is 2.68. The predicted molar refractivity (Wildman–Crippen MR) is 104 cm³/mol. The number of nitrogens with one attached hydrogen (secondary N) is 1. The average molecular weight is 346 g/mol. The Labute approximate surface area is 153 Å². The summed E-state index contributed by atoms with van der Waals surface area (Å²) >= 11 is 0. The number of aryl methyl sites for hydroxylation is 1. The van der Waals surface area contributed by atoms with E-state index in [2.05, 4.69) is 39.2 Å². The van der Waals surface area contributed by atoms with Gasteiger partial charge in [-0.15, -0.1) is 0 Å². The molecule has 3 rings (SSSR count). The zero-order chi connectivity index (χ0) is 18.4. The highest BCUT2D eigenvalue weighted by molar-refractivity contribution is 6.02. The molecule has 3 aromatic rings. The van der Waals surface area contributed by atoms with Gasteiger partial charge in [0.05, 0.1) is 12.4 Å². The lowest BCUT2D eigenvalue weighted by molar-refractivity contribution is 0.102. The summed E-state index contributed by atoms with van der Waals surface area (Å²) in [6, 6.07) is 17.9. The van der Waals surface area contributed by atoms with Gasteiger partial charge in [0, 0.05) is 18.8 Å². The van der Waals surface area contributed by atoms with E-state index < -0.39 is 0 Å². The second kappa shape index (κ2) is 8.25. The molecule has 1 N–H and O–H groups in total. The number of rotatable bonds is 6. The van der Waals surface area contributed by atoms with Crippen molar-refractivity contribution in [2.24, 2.45) is 0 Å². The van der Waals surface area contributed by atoms with Crippen molar-refractivity contribution in [3.63, 3.8) is 0 Å². The maximum absolute atomic E-state index is 12.3. The van der Waals surface area contributed by atoms with Crippen LogP contribution >= 0.6 is 0 Å². The number of hydrogen-bond donors (Lipinski definition) is 1. The van der Waals surface area contributed by atoms with Gasteiger partial charge in [-0.3, -0.25) is 4.79 Å². The molecule has 0 radical (unpaired) electrons. The van der Waals surface area contributed by atoms with Gasteiger partial charge in [-0.05, 0) is 37.1 Å². The van der Waals surface area contributed by atoms with E-state index in [0.717, 1.165) is 30.2 Å². The van der Waals surface area contributed by atoms with E-state index >= 15 is 0 Å². The molecule has 1 aromatic heterocycles. The minimum Gasteiger partial charge on any atom is -0.351 e. The second-order valence-corrected chi connectivity index (χ2v) is 6.08. The van der Waals surface area contributed by atoms with Crippen molar-refractivity contribution in [3.05, 3.63) is 83.8 Å². The van der Waals surface area contributed by atoms with Gasteiger partial charge in [-0.1, -0.05) is 42.5 Å². The topological polar surface area (TPSA) is 58.1 Å². The fourth-order valence-electron chi connectivity index (χ4n) is 2.68. The van der Waals surface area contributed by atoms with Crippen molar-refractivity contribution in [2.45, 2.75) is 20.4 Å². The van der Waals surface area contributed by atoms with Crippen LogP contribution in [0.3, 0.4) is 0 Å². The van der Waals surface area contributed by atoms with Crippen molar-refractivity contribution < 1.29 is 4.79 Å². The van der Waals surface area contributed by atoms with E-state index in [9.17, 15) is 4.79 Å². The highest BCUT2D eigenvalue weighted by Gasteiger charge is 2.11. The predicted octanol–water partition coefficient (Wildman–Crippen LogP) is 4.06. The Morgan fingerprint density at radius 2 is 1.85 bits per heavy atom. The molecule has 5 heteroatoms. The molecule has 1 amide bonds. The van der Waals surface area contributed by atoms with Crippen LogP contribution in [0.15, 0.2) is 67.0 Å². The van der Waals surface area contributed by atoms with Crippen LogP contribution in [-0.4, -0.2) is 22.4 Å². The number of carbonyl (C=O) groups excluding carboxylic acids is 1. The molecule has 0 aliphatic carbocycles. The van der Waals surface area contributed by atoms with Crippen molar-refractivity contribution in [1.29, 1.82) is 0 Å². The Morgan fingerprint density at radius 3 is 2.50 bits per heavy atom. The Balaban J connectivity index is 1.69. The lowest BCUT2D eigenvalue weighted by Gasteiger charge is -2.21. The van der Waals surface area contributed by atoms with E-state index in [1.807, 2.05) is 49.4 Å². The van der Waals surface area contributed by atoms with E-state index in [4.69, 9.17) is 0 Å². The first-order valence-corrected chi connectivity index (χ1v) is 8.64. The Bertz CT molecular complexity index is 863. The van der Waals surface area contributed by atoms with E-state index in [-0.39, 0.29) is 5.91 Å².